The Morgan fingerprint density at radius 2 is 2.21 bits per heavy atom. The van der Waals surface area contributed by atoms with E-state index in [-0.39, 0.29) is 11.6 Å². The van der Waals surface area contributed by atoms with Gasteiger partial charge in [-0.3, -0.25) is 4.79 Å². The number of benzene rings is 1. The zero-order valence-electron chi connectivity index (χ0n) is 7.46. The van der Waals surface area contributed by atoms with Crippen LogP contribution in [0.5, 0.6) is 0 Å². The fraction of sp³-hybridized carbons (Fsp3) is 0.300. The minimum atomic E-state index is -0.283. The Morgan fingerprint density at radius 1 is 1.43 bits per heavy atom. The number of carbonyl (C=O) groups is 1. The normalized spacial score (nSPS) is 16.4. The predicted molar refractivity (Wildman–Crippen MR) is 55.9 cm³/mol. The van der Waals surface area contributed by atoms with Gasteiger partial charge in [0.25, 0.3) is 0 Å². The molecule has 0 atom stereocenters. The molecule has 1 aromatic rings. The van der Waals surface area contributed by atoms with E-state index in [1.165, 1.54) is 6.07 Å². The average molecular weight is 258 g/mol. The van der Waals surface area contributed by atoms with Crippen LogP contribution >= 0.6 is 15.9 Å². The summed E-state index contributed by atoms with van der Waals surface area (Å²) in [6.07, 6.45) is 0.515. The van der Waals surface area contributed by atoms with Crippen molar-refractivity contribution in [1.82, 2.24) is 0 Å². The number of ketones is 1. The Hall–Kier alpha value is -0.900. The van der Waals surface area contributed by atoms with E-state index in [1.807, 2.05) is 0 Å². The first-order valence-corrected chi connectivity index (χ1v) is 5.18. The molecule has 0 radical (unpaired) electrons. The Balaban J connectivity index is 2.36. The van der Waals surface area contributed by atoms with Crippen molar-refractivity contribution in [3.63, 3.8) is 0 Å². The molecule has 0 spiro atoms. The van der Waals surface area contributed by atoms with Crippen molar-refractivity contribution >= 4 is 27.4 Å². The Morgan fingerprint density at radius 3 is 2.79 bits per heavy atom. The molecule has 14 heavy (non-hydrogen) atoms. The maximum Gasteiger partial charge on any atom is 0.153 e. The number of para-hydroxylation sites is 1. The van der Waals surface area contributed by atoms with Gasteiger partial charge in [0, 0.05) is 17.4 Å². The SMILES string of the molecule is O=C1CCN(c2c(F)cccc2Br)C1. The van der Waals surface area contributed by atoms with Crippen molar-refractivity contribution in [1.29, 1.82) is 0 Å². The van der Waals surface area contributed by atoms with Gasteiger partial charge >= 0.3 is 0 Å². The monoisotopic (exact) mass is 257 g/mol. The van der Waals surface area contributed by atoms with E-state index in [4.69, 9.17) is 0 Å². The van der Waals surface area contributed by atoms with E-state index < -0.39 is 0 Å². The van der Waals surface area contributed by atoms with Gasteiger partial charge in [0.2, 0.25) is 0 Å². The van der Waals surface area contributed by atoms with E-state index in [0.29, 0.717) is 29.7 Å². The highest BCUT2D eigenvalue weighted by molar-refractivity contribution is 9.10. The van der Waals surface area contributed by atoms with Gasteiger partial charge in [0.1, 0.15) is 5.82 Å². The molecular formula is C10H9BrFNO. The maximum absolute atomic E-state index is 13.4. The molecule has 2 rings (SSSR count). The summed E-state index contributed by atoms with van der Waals surface area (Å²) in [7, 11) is 0. The second kappa shape index (κ2) is 3.69. The first-order chi connectivity index (χ1) is 6.68. The van der Waals surface area contributed by atoms with Crippen molar-refractivity contribution < 1.29 is 9.18 Å². The Bertz CT molecular complexity index is 360. The molecule has 1 heterocycles. The van der Waals surface area contributed by atoms with E-state index in [2.05, 4.69) is 15.9 Å². The van der Waals surface area contributed by atoms with Crippen LogP contribution in [0.15, 0.2) is 22.7 Å². The molecule has 0 aliphatic carbocycles. The van der Waals surface area contributed by atoms with Gasteiger partial charge in [-0.2, -0.15) is 0 Å². The van der Waals surface area contributed by atoms with Gasteiger partial charge < -0.3 is 4.90 Å². The van der Waals surface area contributed by atoms with Gasteiger partial charge in [-0.15, -0.1) is 0 Å². The van der Waals surface area contributed by atoms with Gasteiger partial charge in [-0.1, -0.05) is 6.07 Å². The van der Waals surface area contributed by atoms with Crippen LogP contribution < -0.4 is 4.90 Å². The molecule has 0 aromatic heterocycles. The summed E-state index contributed by atoms with van der Waals surface area (Å²) in [5.41, 5.74) is 0.498. The quantitative estimate of drug-likeness (QED) is 0.770. The summed E-state index contributed by atoms with van der Waals surface area (Å²) in [6, 6.07) is 4.82. The second-order valence-corrected chi connectivity index (χ2v) is 4.13. The predicted octanol–water partition coefficient (Wildman–Crippen LogP) is 2.37. The van der Waals surface area contributed by atoms with Crippen molar-refractivity contribution in [2.24, 2.45) is 0 Å². The highest BCUT2D eigenvalue weighted by Gasteiger charge is 2.23. The molecule has 1 fully saturated rings. The first-order valence-electron chi connectivity index (χ1n) is 4.39. The molecule has 0 unspecified atom stereocenters. The van der Waals surface area contributed by atoms with Crippen LogP contribution in [0.4, 0.5) is 10.1 Å². The third kappa shape index (κ3) is 1.66. The van der Waals surface area contributed by atoms with Crippen LogP contribution in [-0.4, -0.2) is 18.9 Å². The van der Waals surface area contributed by atoms with E-state index in [9.17, 15) is 9.18 Å². The molecule has 0 N–H and O–H groups in total. The molecule has 0 saturated carbocycles. The van der Waals surface area contributed by atoms with E-state index in [0.717, 1.165) is 0 Å². The van der Waals surface area contributed by atoms with Crippen molar-refractivity contribution in [2.75, 3.05) is 18.0 Å². The lowest BCUT2D eigenvalue weighted by Gasteiger charge is -2.18. The van der Waals surface area contributed by atoms with Crippen molar-refractivity contribution in [3.8, 4) is 0 Å². The Kier molecular flexibility index (Phi) is 2.54. The summed E-state index contributed by atoms with van der Waals surface area (Å²) in [4.78, 5) is 12.8. The molecule has 1 saturated heterocycles. The lowest BCUT2D eigenvalue weighted by atomic mass is 10.3. The Labute approximate surface area is 89.8 Å². The maximum atomic E-state index is 13.4. The fourth-order valence-electron chi connectivity index (χ4n) is 1.61. The average Bonchev–Trinajstić information content (AvgIpc) is 2.51. The summed E-state index contributed by atoms with van der Waals surface area (Å²) in [5.74, 6) is -0.116. The number of hydrogen-bond acceptors (Lipinski definition) is 2. The van der Waals surface area contributed by atoms with Crippen molar-refractivity contribution in [3.05, 3.63) is 28.5 Å². The van der Waals surface area contributed by atoms with Gasteiger partial charge in [0.05, 0.1) is 12.2 Å². The van der Waals surface area contributed by atoms with Crippen LogP contribution in [0.3, 0.4) is 0 Å². The molecule has 74 valence electrons. The van der Waals surface area contributed by atoms with Crippen LogP contribution in [0, 0.1) is 5.82 Å². The zero-order valence-corrected chi connectivity index (χ0v) is 9.05. The topological polar surface area (TPSA) is 20.3 Å². The van der Waals surface area contributed by atoms with E-state index in [1.54, 1.807) is 17.0 Å². The molecular weight excluding hydrogens is 249 g/mol. The molecule has 2 nitrogen and oxygen atoms in total. The number of rotatable bonds is 1. The van der Waals surface area contributed by atoms with Crippen LogP contribution in [-0.2, 0) is 4.79 Å². The number of carbonyl (C=O) groups excluding carboxylic acids is 1. The van der Waals surface area contributed by atoms with Crippen molar-refractivity contribution in [2.45, 2.75) is 6.42 Å². The second-order valence-electron chi connectivity index (χ2n) is 3.28. The molecule has 1 aliphatic rings. The third-order valence-corrected chi connectivity index (χ3v) is 2.92. The highest BCUT2D eigenvalue weighted by Crippen LogP contribution is 2.30. The lowest BCUT2D eigenvalue weighted by molar-refractivity contribution is -0.116. The summed E-state index contributed by atoms with van der Waals surface area (Å²) in [5, 5.41) is 0. The van der Waals surface area contributed by atoms with E-state index >= 15 is 0 Å². The van der Waals surface area contributed by atoms with Gasteiger partial charge in [-0.05, 0) is 28.1 Å². The first kappa shape index (κ1) is 9.65. The molecule has 1 aromatic carbocycles. The minimum Gasteiger partial charge on any atom is -0.360 e. The third-order valence-electron chi connectivity index (χ3n) is 2.28. The lowest BCUT2D eigenvalue weighted by Crippen LogP contribution is -2.21. The fourth-order valence-corrected chi connectivity index (χ4v) is 2.21. The van der Waals surface area contributed by atoms with Crippen LogP contribution in [0.25, 0.3) is 0 Å². The number of hydrogen-bond donors (Lipinski definition) is 0. The van der Waals surface area contributed by atoms with Gasteiger partial charge in [0.15, 0.2) is 5.78 Å². The summed E-state index contributed by atoms with van der Waals surface area (Å²) < 4.78 is 14.1. The standard InChI is InChI=1S/C10H9BrFNO/c11-8-2-1-3-9(12)10(8)13-5-4-7(14)6-13/h1-3H,4-6H2. The zero-order chi connectivity index (χ0) is 10.1. The summed E-state index contributed by atoms with van der Waals surface area (Å²) in [6.45, 7) is 0.928. The number of nitrogens with zero attached hydrogens (tertiary/aromatic N) is 1. The van der Waals surface area contributed by atoms with Crippen LogP contribution in [0.1, 0.15) is 6.42 Å². The largest absolute Gasteiger partial charge is 0.360 e. The highest BCUT2D eigenvalue weighted by atomic mass is 79.9. The minimum absolute atomic E-state index is 0.167. The molecule has 1 aliphatic heterocycles. The number of Topliss-reactive ketones (excluding diaryl/α,β-unsaturated/α-hetero) is 1. The smallest absolute Gasteiger partial charge is 0.153 e. The van der Waals surface area contributed by atoms with Gasteiger partial charge in [-0.25, -0.2) is 4.39 Å². The molecule has 4 heteroatoms. The number of halogens is 2. The number of anilines is 1. The van der Waals surface area contributed by atoms with Crippen LogP contribution in [0.2, 0.25) is 0 Å². The molecule has 0 amide bonds. The molecule has 0 bridgehead atoms. The summed E-state index contributed by atoms with van der Waals surface area (Å²) >= 11 is 3.28.